The SMILES string of the molecule is CC(C)c1cccc2c(CC(=O)O)c(-c3ccccc3)[nH]c12. The molecule has 0 spiro atoms. The van der Waals surface area contributed by atoms with Crippen molar-refractivity contribution in [3.8, 4) is 11.3 Å². The van der Waals surface area contributed by atoms with Crippen molar-refractivity contribution in [2.45, 2.75) is 26.2 Å². The highest BCUT2D eigenvalue weighted by molar-refractivity contribution is 5.95. The van der Waals surface area contributed by atoms with Gasteiger partial charge in [0.1, 0.15) is 0 Å². The van der Waals surface area contributed by atoms with Crippen molar-refractivity contribution in [1.29, 1.82) is 0 Å². The maximum atomic E-state index is 11.3. The molecule has 3 nitrogen and oxygen atoms in total. The Hall–Kier alpha value is -2.55. The zero-order valence-corrected chi connectivity index (χ0v) is 12.8. The molecule has 3 heteroatoms. The standard InChI is InChI=1S/C19H19NO2/c1-12(2)14-9-6-10-15-16(11-17(21)22)18(20-19(14)15)13-7-4-3-5-8-13/h3-10,12,20H,11H2,1-2H3,(H,21,22). The van der Waals surface area contributed by atoms with Crippen LogP contribution in [0, 0.1) is 0 Å². The number of rotatable bonds is 4. The van der Waals surface area contributed by atoms with E-state index in [0.717, 1.165) is 27.7 Å². The highest BCUT2D eigenvalue weighted by Gasteiger charge is 2.18. The van der Waals surface area contributed by atoms with Crippen molar-refractivity contribution in [3.63, 3.8) is 0 Å². The number of para-hydroxylation sites is 1. The van der Waals surface area contributed by atoms with Gasteiger partial charge in [0.05, 0.1) is 12.1 Å². The molecule has 0 radical (unpaired) electrons. The van der Waals surface area contributed by atoms with E-state index in [2.05, 4.69) is 24.9 Å². The number of hydrogen-bond acceptors (Lipinski definition) is 1. The summed E-state index contributed by atoms with van der Waals surface area (Å²) in [4.78, 5) is 14.8. The fourth-order valence-corrected chi connectivity index (χ4v) is 2.96. The van der Waals surface area contributed by atoms with E-state index < -0.39 is 5.97 Å². The van der Waals surface area contributed by atoms with E-state index in [-0.39, 0.29) is 6.42 Å². The fourth-order valence-electron chi connectivity index (χ4n) is 2.96. The average molecular weight is 293 g/mol. The first-order chi connectivity index (χ1) is 10.6. The normalized spacial score (nSPS) is 11.2. The van der Waals surface area contributed by atoms with Crippen LogP contribution in [0.2, 0.25) is 0 Å². The molecule has 0 bridgehead atoms. The molecular formula is C19H19NO2. The van der Waals surface area contributed by atoms with Gasteiger partial charge < -0.3 is 10.1 Å². The molecule has 0 aliphatic rings. The van der Waals surface area contributed by atoms with Crippen molar-refractivity contribution in [3.05, 3.63) is 59.7 Å². The average Bonchev–Trinajstić information content (AvgIpc) is 2.86. The Morgan fingerprint density at radius 3 is 2.45 bits per heavy atom. The maximum absolute atomic E-state index is 11.3. The minimum atomic E-state index is -0.812. The molecule has 3 aromatic rings. The van der Waals surface area contributed by atoms with Crippen LogP contribution in [0.1, 0.15) is 30.9 Å². The largest absolute Gasteiger partial charge is 0.481 e. The van der Waals surface area contributed by atoms with Crippen LogP contribution >= 0.6 is 0 Å². The molecule has 3 rings (SSSR count). The zero-order chi connectivity index (χ0) is 15.7. The molecule has 112 valence electrons. The topological polar surface area (TPSA) is 53.1 Å². The van der Waals surface area contributed by atoms with Crippen LogP contribution in [0.5, 0.6) is 0 Å². The van der Waals surface area contributed by atoms with Gasteiger partial charge in [-0.1, -0.05) is 62.4 Å². The highest BCUT2D eigenvalue weighted by Crippen LogP contribution is 2.34. The molecule has 0 unspecified atom stereocenters. The molecular weight excluding hydrogens is 274 g/mol. The monoisotopic (exact) mass is 293 g/mol. The van der Waals surface area contributed by atoms with Gasteiger partial charge in [-0.2, -0.15) is 0 Å². The Morgan fingerprint density at radius 2 is 1.82 bits per heavy atom. The minimum Gasteiger partial charge on any atom is -0.481 e. The number of H-pyrrole nitrogens is 1. The Labute approximate surface area is 129 Å². The zero-order valence-electron chi connectivity index (χ0n) is 12.8. The summed E-state index contributed by atoms with van der Waals surface area (Å²) in [6.07, 6.45) is 0.0196. The van der Waals surface area contributed by atoms with E-state index >= 15 is 0 Å². The second-order valence-electron chi connectivity index (χ2n) is 5.84. The minimum absolute atomic E-state index is 0.0196. The third-order valence-electron chi connectivity index (χ3n) is 3.99. The van der Waals surface area contributed by atoms with Crippen LogP contribution in [-0.2, 0) is 11.2 Å². The summed E-state index contributed by atoms with van der Waals surface area (Å²) in [6.45, 7) is 4.29. The van der Waals surface area contributed by atoms with Crippen molar-refractivity contribution >= 4 is 16.9 Å². The lowest BCUT2D eigenvalue weighted by molar-refractivity contribution is -0.136. The lowest BCUT2D eigenvalue weighted by Gasteiger charge is -2.06. The third kappa shape index (κ3) is 2.50. The molecule has 0 aliphatic heterocycles. The molecule has 0 aliphatic carbocycles. The van der Waals surface area contributed by atoms with Gasteiger partial charge in [0.25, 0.3) is 0 Å². The molecule has 0 atom stereocenters. The van der Waals surface area contributed by atoms with Gasteiger partial charge in [-0.3, -0.25) is 4.79 Å². The second-order valence-corrected chi connectivity index (χ2v) is 5.84. The van der Waals surface area contributed by atoms with Crippen LogP contribution in [0.3, 0.4) is 0 Å². The predicted molar refractivity (Wildman–Crippen MR) is 89.2 cm³/mol. The summed E-state index contributed by atoms with van der Waals surface area (Å²) in [5.74, 6) is -0.434. The molecule has 0 saturated carbocycles. The Bertz CT molecular complexity index is 816. The van der Waals surface area contributed by atoms with Crippen LogP contribution in [0.4, 0.5) is 0 Å². The first-order valence-corrected chi connectivity index (χ1v) is 7.48. The third-order valence-corrected chi connectivity index (χ3v) is 3.99. The number of carboxylic acid groups (broad SMARTS) is 1. The summed E-state index contributed by atoms with van der Waals surface area (Å²) >= 11 is 0. The van der Waals surface area contributed by atoms with Crippen molar-refractivity contribution in [2.75, 3.05) is 0 Å². The molecule has 22 heavy (non-hydrogen) atoms. The first-order valence-electron chi connectivity index (χ1n) is 7.48. The van der Waals surface area contributed by atoms with Gasteiger partial charge in [0, 0.05) is 10.9 Å². The van der Waals surface area contributed by atoms with Gasteiger partial charge in [-0.15, -0.1) is 0 Å². The van der Waals surface area contributed by atoms with Gasteiger partial charge in [-0.05, 0) is 22.6 Å². The van der Waals surface area contributed by atoms with Crippen LogP contribution < -0.4 is 0 Å². The molecule has 0 amide bonds. The van der Waals surface area contributed by atoms with Crippen LogP contribution in [0.15, 0.2) is 48.5 Å². The Morgan fingerprint density at radius 1 is 1.09 bits per heavy atom. The number of aromatic nitrogens is 1. The van der Waals surface area contributed by atoms with E-state index in [4.69, 9.17) is 0 Å². The number of fused-ring (bicyclic) bond motifs is 1. The van der Waals surface area contributed by atoms with E-state index in [1.54, 1.807) is 0 Å². The van der Waals surface area contributed by atoms with Gasteiger partial charge in [-0.25, -0.2) is 0 Å². The van der Waals surface area contributed by atoms with E-state index in [1.807, 2.05) is 42.5 Å². The molecule has 2 aromatic carbocycles. The first kappa shape index (κ1) is 14.4. The lowest BCUT2D eigenvalue weighted by atomic mass is 9.98. The number of nitrogens with one attached hydrogen (secondary N) is 1. The van der Waals surface area contributed by atoms with Crippen molar-refractivity contribution in [2.24, 2.45) is 0 Å². The van der Waals surface area contributed by atoms with Crippen LogP contribution in [-0.4, -0.2) is 16.1 Å². The predicted octanol–water partition coefficient (Wildman–Crippen LogP) is 4.59. The maximum Gasteiger partial charge on any atom is 0.307 e. The van der Waals surface area contributed by atoms with Crippen molar-refractivity contribution in [1.82, 2.24) is 4.98 Å². The smallest absolute Gasteiger partial charge is 0.307 e. The number of aliphatic carboxylic acids is 1. The number of carbonyl (C=O) groups is 1. The number of carboxylic acids is 1. The van der Waals surface area contributed by atoms with Crippen LogP contribution in [0.25, 0.3) is 22.2 Å². The summed E-state index contributed by atoms with van der Waals surface area (Å²) in [6, 6.07) is 16.0. The van der Waals surface area contributed by atoms with Gasteiger partial charge in [0.2, 0.25) is 0 Å². The van der Waals surface area contributed by atoms with E-state index in [9.17, 15) is 9.90 Å². The summed E-state index contributed by atoms with van der Waals surface area (Å²) in [5.41, 5.74) is 5.05. The Balaban J connectivity index is 2.31. The number of benzene rings is 2. The lowest BCUT2D eigenvalue weighted by Crippen LogP contribution is -2.00. The molecule has 0 saturated heterocycles. The second kappa shape index (κ2) is 5.68. The highest BCUT2D eigenvalue weighted by atomic mass is 16.4. The quantitative estimate of drug-likeness (QED) is 0.739. The van der Waals surface area contributed by atoms with E-state index in [1.165, 1.54) is 5.56 Å². The van der Waals surface area contributed by atoms with Gasteiger partial charge in [0.15, 0.2) is 0 Å². The van der Waals surface area contributed by atoms with Crippen molar-refractivity contribution < 1.29 is 9.90 Å². The Kier molecular flexibility index (Phi) is 3.72. The molecule has 2 N–H and O–H groups in total. The number of aromatic amines is 1. The molecule has 1 heterocycles. The molecule has 1 aromatic heterocycles. The summed E-state index contributed by atoms with van der Waals surface area (Å²) < 4.78 is 0. The van der Waals surface area contributed by atoms with E-state index in [0.29, 0.717) is 5.92 Å². The molecule has 0 fully saturated rings. The number of hydrogen-bond donors (Lipinski definition) is 2. The summed E-state index contributed by atoms with van der Waals surface area (Å²) in [7, 11) is 0. The summed E-state index contributed by atoms with van der Waals surface area (Å²) in [5, 5.41) is 10.3. The fraction of sp³-hybridized carbons (Fsp3) is 0.211. The van der Waals surface area contributed by atoms with Gasteiger partial charge >= 0.3 is 5.97 Å².